The second kappa shape index (κ2) is 6.43. The Morgan fingerprint density at radius 2 is 2.18 bits per heavy atom. The number of carbonyl (C=O) groups is 2. The smallest absolute Gasteiger partial charge is 0.343 e. The van der Waals surface area contributed by atoms with Crippen molar-refractivity contribution in [1.82, 2.24) is 5.48 Å². The molecular weight excluding hydrogens is 315 g/mol. The van der Waals surface area contributed by atoms with Crippen LogP contribution in [0.1, 0.15) is 0 Å². The van der Waals surface area contributed by atoms with E-state index in [4.69, 9.17) is 16.7 Å². The maximum atomic E-state index is 11.2. The number of nitrogens with one attached hydrogen (secondary N) is 2. The van der Waals surface area contributed by atoms with Gasteiger partial charge in [-0.1, -0.05) is 11.6 Å². The van der Waals surface area contributed by atoms with Crippen LogP contribution in [0.2, 0.25) is 5.02 Å². The molecule has 0 bridgehead atoms. The van der Waals surface area contributed by atoms with E-state index in [9.17, 15) is 9.59 Å². The SMILES string of the molecule is O=C(O)CONC(=O)Nc1ccc(Cl)cc1Br. The van der Waals surface area contributed by atoms with Crippen molar-refractivity contribution in [2.24, 2.45) is 0 Å². The zero-order chi connectivity index (χ0) is 12.8. The molecule has 6 nitrogen and oxygen atoms in total. The summed E-state index contributed by atoms with van der Waals surface area (Å²) < 4.78 is 0.596. The molecule has 0 fully saturated rings. The highest BCUT2D eigenvalue weighted by molar-refractivity contribution is 9.10. The van der Waals surface area contributed by atoms with Crippen LogP contribution in [0.3, 0.4) is 0 Å². The Balaban J connectivity index is 2.48. The number of carboxylic acid groups (broad SMARTS) is 1. The average Bonchev–Trinajstić information content (AvgIpc) is 2.21. The molecule has 2 amide bonds. The average molecular weight is 324 g/mol. The number of halogens is 2. The molecule has 0 aromatic heterocycles. The molecule has 8 heteroatoms. The number of carbonyl (C=O) groups excluding carboxylic acids is 1. The third kappa shape index (κ3) is 5.03. The number of anilines is 1. The van der Waals surface area contributed by atoms with Gasteiger partial charge >= 0.3 is 12.0 Å². The van der Waals surface area contributed by atoms with Crippen LogP contribution >= 0.6 is 27.5 Å². The monoisotopic (exact) mass is 322 g/mol. The minimum absolute atomic E-state index is 0.478. The van der Waals surface area contributed by atoms with Gasteiger partial charge in [0.1, 0.15) is 0 Å². The van der Waals surface area contributed by atoms with E-state index < -0.39 is 18.6 Å². The van der Waals surface area contributed by atoms with Gasteiger partial charge in [-0.05, 0) is 34.1 Å². The normalized spacial score (nSPS) is 9.76. The minimum Gasteiger partial charge on any atom is -0.479 e. The summed E-state index contributed by atoms with van der Waals surface area (Å²) in [6.45, 7) is -0.616. The summed E-state index contributed by atoms with van der Waals surface area (Å²) in [5.41, 5.74) is 2.40. The van der Waals surface area contributed by atoms with Crippen LogP contribution in [-0.4, -0.2) is 23.7 Å². The first-order valence-corrected chi connectivity index (χ1v) is 5.52. The molecule has 1 aromatic rings. The number of rotatable bonds is 4. The standard InChI is InChI=1S/C9H8BrClN2O4/c10-6-3-5(11)1-2-7(6)12-9(16)13-17-4-8(14)15/h1-3H,4H2,(H,14,15)(H2,12,13,16). The Bertz CT molecular complexity index is 441. The van der Waals surface area contributed by atoms with Gasteiger partial charge in [0.05, 0.1) is 5.69 Å². The molecule has 0 unspecified atom stereocenters. The van der Waals surface area contributed by atoms with Gasteiger partial charge in [-0.15, -0.1) is 0 Å². The molecule has 0 atom stereocenters. The van der Waals surface area contributed by atoms with Gasteiger partial charge in [0.25, 0.3) is 0 Å². The van der Waals surface area contributed by atoms with E-state index in [1.54, 1.807) is 18.2 Å². The highest BCUT2D eigenvalue weighted by Crippen LogP contribution is 2.25. The van der Waals surface area contributed by atoms with Crippen molar-refractivity contribution in [3.8, 4) is 0 Å². The lowest BCUT2D eigenvalue weighted by Crippen LogP contribution is -2.30. The van der Waals surface area contributed by atoms with E-state index in [0.29, 0.717) is 15.2 Å². The summed E-state index contributed by atoms with van der Waals surface area (Å²) in [5.74, 6) is -1.18. The van der Waals surface area contributed by atoms with Crippen LogP contribution in [0.5, 0.6) is 0 Å². The summed E-state index contributed by atoms with van der Waals surface area (Å²) in [4.78, 5) is 25.7. The lowest BCUT2D eigenvalue weighted by molar-refractivity contribution is -0.143. The van der Waals surface area contributed by atoms with Gasteiger partial charge < -0.3 is 10.4 Å². The van der Waals surface area contributed by atoms with Crippen LogP contribution < -0.4 is 10.8 Å². The Labute approximate surface area is 110 Å². The molecule has 0 spiro atoms. The molecule has 0 radical (unpaired) electrons. The molecule has 0 aliphatic carbocycles. The predicted molar refractivity (Wildman–Crippen MR) is 64.9 cm³/mol. The maximum absolute atomic E-state index is 11.2. The van der Waals surface area contributed by atoms with Gasteiger partial charge in [-0.3, -0.25) is 4.84 Å². The van der Waals surface area contributed by atoms with Crippen LogP contribution in [0.15, 0.2) is 22.7 Å². The molecule has 0 saturated carbocycles. The van der Waals surface area contributed by atoms with E-state index in [2.05, 4.69) is 26.1 Å². The van der Waals surface area contributed by atoms with Crippen molar-refractivity contribution in [1.29, 1.82) is 0 Å². The molecule has 1 aromatic carbocycles. The van der Waals surface area contributed by atoms with Crippen LogP contribution in [0.25, 0.3) is 0 Å². The first-order chi connectivity index (χ1) is 7.99. The zero-order valence-electron chi connectivity index (χ0n) is 8.37. The van der Waals surface area contributed by atoms with Crippen LogP contribution in [-0.2, 0) is 9.63 Å². The summed E-state index contributed by atoms with van der Waals surface area (Å²) in [6, 6.07) is 4.10. The first kappa shape index (κ1) is 13.8. The zero-order valence-corrected chi connectivity index (χ0v) is 10.7. The Morgan fingerprint density at radius 1 is 1.47 bits per heavy atom. The van der Waals surface area contributed by atoms with Gasteiger partial charge in [-0.25, -0.2) is 15.1 Å². The summed E-state index contributed by atoms with van der Waals surface area (Å²) in [7, 11) is 0. The molecule has 0 saturated heterocycles. The number of hydrogen-bond acceptors (Lipinski definition) is 3. The molecule has 17 heavy (non-hydrogen) atoms. The van der Waals surface area contributed by atoms with Gasteiger partial charge in [0.2, 0.25) is 0 Å². The number of hydrogen-bond donors (Lipinski definition) is 3. The van der Waals surface area contributed by atoms with Crippen molar-refractivity contribution in [3.05, 3.63) is 27.7 Å². The lowest BCUT2D eigenvalue weighted by atomic mass is 10.3. The number of aliphatic carboxylic acids is 1. The number of hydroxylamine groups is 1. The minimum atomic E-state index is -1.18. The van der Waals surface area contributed by atoms with E-state index in [1.165, 1.54) is 0 Å². The van der Waals surface area contributed by atoms with Crippen molar-refractivity contribution in [2.75, 3.05) is 11.9 Å². The third-order valence-corrected chi connectivity index (χ3v) is 2.43. The second-order valence-corrected chi connectivity index (χ2v) is 4.15. The lowest BCUT2D eigenvalue weighted by Gasteiger charge is -2.08. The molecular formula is C9H8BrClN2O4. The van der Waals surface area contributed by atoms with Gasteiger partial charge in [0.15, 0.2) is 6.61 Å². The van der Waals surface area contributed by atoms with Crippen molar-refractivity contribution in [2.45, 2.75) is 0 Å². The topological polar surface area (TPSA) is 87.7 Å². The van der Waals surface area contributed by atoms with Crippen LogP contribution in [0.4, 0.5) is 10.5 Å². The number of amides is 2. The highest BCUT2D eigenvalue weighted by Gasteiger charge is 2.06. The fourth-order valence-electron chi connectivity index (χ4n) is 0.902. The van der Waals surface area contributed by atoms with Gasteiger partial charge in [0, 0.05) is 9.50 Å². The Morgan fingerprint density at radius 3 is 2.76 bits per heavy atom. The quantitative estimate of drug-likeness (QED) is 0.742. The van der Waals surface area contributed by atoms with Gasteiger partial charge in [-0.2, -0.15) is 0 Å². The fraction of sp³-hybridized carbons (Fsp3) is 0.111. The number of benzene rings is 1. The van der Waals surface area contributed by atoms with Crippen molar-refractivity contribution in [3.63, 3.8) is 0 Å². The second-order valence-electron chi connectivity index (χ2n) is 2.86. The van der Waals surface area contributed by atoms with E-state index in [0.717, 1.165) is 0 Å². The Hall–Kier alpha value is -1.31. The maximum Gasteiger partial charge on any atom is 0.343 e. The number of carboxylic acids is 1. The third-order valence-electron chi connectivity index (χ3n) is 1.54. The van der Waals surface area contributed by atoms with Crippen molar-refractivity contribution < 1.29 is 19.5 Å². The first-order valence-electron chi connectivity index (χ1n) is 4.34. The number of urea groups is 1. The summed E-state index contributed by atoms with van der Waals surface area (Å²) >= 11 is 8.93. The highest BCUT2D eigenvalue weighted by atomic mass is 79.9. The largest absolute Gasteiger partial charge is 0.479 e. The van der Waals surface area contributed by atoms with Crippen molar-refractivity contribution >= 4 is 45.2 Å². The van der Waals surface area contributed by atoms with E-state index in [1.807, 2.05) is 5.48 Å². The summed E-state index contributed by atoms with van der Waals surface area (Å²) in [5, 5.41) is 11.2. The molecule has 1 rings (SSSR count). The summed E-state index contributed by atoms with van der Waals surface area (Å²) in [6.07, 6.45) is 0. The molecule has 92 valence electrons. The molecule has 3 N–H and O–H groups in total. The van der Waals surface area contributed by atoms with E-state index >= 15 is 0 Å². The Kier molecular flexibility index (Phi) is 5.20. The van der Waals surface area contributed by atoms with Crippen LogP contribution in [0, 0.1) is 0 Å². The van der Waals surface area contributed by atoms with E-state index in [-0.39, 0.29) is 0 Å². The molecule has 0 aliphatic rings. The molecule has 0 aliphatic heterocycles. The predicted octanol–water partition coefficient (Wildman–Crippen LogP) is 2.24. The molecule has 0 heterocycles. The fourth-order valence-corrected chi connectivity index (χ4v) is 1.68.